The van der Waals surface area contributed by atoms with Gasteiger partial charge in [-0.3, -0.25) is 0 Å². The molecule has 0 spiro atoms. The third-order valence-corrected chi connectivity index (χ3v) is 0. The molecule has 0 aromatic rings. The molecule has 0 unspecified atom stereocenters. The summed E-state index contributed by atoms with van der Waals surface area (Å²) >= 11 is 0. The predicted molar refractivity (Wildman–Crippen MR) is 16.7 cm³/mol. The van der Waals surface area contributed by atoms with E-state index in [4.69, 9.17) is 9.90 Å². The zero-order valence-electron chi connectivity index (χ0n) is 4.00. The van der Waals surface area contributed by atoms with Crippen LogP contribution in [-0.4, -0.2) is 5.97 Å². The van der Waals surface area contributed by atoms with Crippen molar-refractivity contribution in [1.82, 2.24) is 6.15 Å². The van der Waals surface area contributed by atoms with Crippen LogP contribution in [0, 0.1) is 0 Å². The van der Waals surface area contributed by atoms with Crippen molar-refractivity contribution in [1.29, 1.82) is 0 Å². The molecule has 50 valence electrons. The molecule has 0 fully saturated rings. The van der Waals surface area contributed by atoms with Crippen LogP contribution in [0.5, 0.6) is 0 Å². The fourth-order valence-electron chi connectivity index (χ4n) is 0. The molecule has 0 atom stereocenters. The Hall–Kier alpha value is 0.460. The van der Waals surface area contributed by atoms with E-state index in [0.29, 0.717) is 0 Å². The maximum absolute atomic E-state index is 8.89. The van der Waals surface area contributed by atoms with Gasteiger partial charge in [0.15, 0.2) is 0 Å². The number of carboxylic acid groups (broad SMARTS) is 1. The first kappa shape index (κ1) is 26.0. The van der Waals surface area contributed by atoms with E-state index in [1.165, 1.54) is 0 Å². The third-order valence-electron chi connectivity index (χ3n) is 0. The SMILES string of the molecule is CC(=O)[O-].[Ag+].[Cl-].[NH4+]. The van der Waals surface area contributed by atoms with E-state index in [-0.39, 0.29) is 40.9 Å². The Labute approximate surface area is 64.0 Å². The molecule has 0 rings (SSSR count). The molecule has 0 aliphatic heterocycles. The minimum absolute atomic E-state index is 0. The Morgan fingerprint density at radius 3 is 1.57 bits per heavy atom. The maximum atomic E-state index is 8.89. The van der Waals surface area contributed by atoms with Gasteiger partial charge in [0.25, 0.3) is 0 Å². The molecule has 0 aromatic heterocycles. The average Bonchev–Trinajstić information content (AvgIpc) is 0.811. The van der Waals surface area contributed by atoms with E-state index >= 15 is 0 Å². The molecule has 0 heterocycles. The monoisotopic (exact) mass is 219 g/mol. The molecule has 0 aliphatic rings. The molecule has 0 amide bonds. The first-order valence-electron chi connectivity index (χ1n) is 0.908. The Bertz CT molecular complexity index is 38.7. The molecule has 0 aromatic carbocycles. The van der Waals surface area contributed by atoms with Gasteiger partial charge in [-0.1, -0.05) is 0 Å². The van der Waals surface area contributed by atoms with E-state index in [0.717, 1.165) is 6.92 Å². The van der Waals surface area contributed by atoms with E-state index in [1.54, 1.807) is 0 Å². The summed E-state index contributed by atoms with van der Waals surface area (Å²) in [5.41, 5.74) is 0. The normalized spacial score (nSPS) is 3.57. The summed E-state index contributed by atoms with van der Waals surface area (Å²) in [6.07, 6.45) is 0. The van der Waals surface area contributed by atoms with Crippen molar-refractivity contribution in [3.05, 3.63) is 0 Å². The van der Waals surface area contributed by atoms with Crippen LogP contribution in [0.25, 0.3) is 0 Å². The fourth-order valence-corrected chi connectivity index (χ4v) is 0. The van der Waals surface area contributed by atoms with Gasteiger partial charge in [-0.05, 0) is 6.92 Å². The largest absolute Gasteiger partial charge is 1.00 e. The van der Waals surface area contributed by atoms with Gasteiger partial charge in [0.05, 0.1) is 0 Å². The van der Waals surface area contributed by atoms with E-state index < -0.39 is 5.97 Å². The predicted octanol–water partition coefficient (Wildman–Crippen LogP) is -3.87. The number of aliphatic carboxylic acids is 1. The number of hydrogen-bond acceptors (Lipinski definition) is 2. The zero-order valence-corrected chi connectivity index (χ0v) is 6.23. The van der Waals surface area contributed by atoms with E-state index in [9.17, 15) is 0 Å². The number of carbonyl (C=O) groups is 1. The van der Waals surface area contributed by atoms with Gasteiger partial charge in [0.2, 0.25) is 0 Å². The van der Waals surface area contributed by atoms with Crippen LogP contribution in [0.15, 0.2) is 0 Å². The second kappa shape index (κ2) is 16.1. The molecule has 0 aliphatic carbocycles. The molecule has 5 heteroatoms. The van der Waals surface area contributed by atoms with Crippen molar-refractivity contribution in [2.75, 3.05) is 0 Å². The molecule has 0 bridgehead atoms. The van der Waals surface area contributed by atoms with Crippen LogP contribution in [0.2, 0.25) is 0 Å². The van der Waals surface area contributed by atoms with Gasteiger partial charge in [-0.15, -0.1) is 0 Å². The molecule has 0 radical (unpaired) electrons. The van der Waals surface area contributed by atoms with E-state index in [1.807, 2.05) is 0 Å². The summed E-state index contributed by atoms with van der Waals surface area (Å²) in [7, 11) is 0. The summed E-state index contributed by atoms with van der Waals surface area (Å²) in [5, 5.41) is 8.89. The van der Waals surface area contributed by atoms with Gasteiger partial charge in [0.1, 0.15) is 0 Å². The van der Waals surface area contributed by atoms with Crippen LogP contribution < -0.4 is 23.7 Å². The summed E-state index contributed by atoms with van der Waals surface area (Å²) < 4.78 is 0. The Morgan fingerprint density at radius 1 is 1.57 bits per heavy atom. The van der Waals surface area contributed by atoms with Crippen LogP contribution in [0.1, 0.15) is 6.92 Å². The summed E-state index contributed by atoms with van der Waals surface area (Å²) in [6, 6.07) is 0. The van der Waals surface area contributed by atoms with Gasteiger partial charge in [-0.2, -0.15) is 0 Å². The fraction of sp³-hybridized carbons (Fsp3) is 0.500. The maximum Gasteiger partial charge on any atom is 1.00 e. The summed E-state index contributed by atoms with van der Waals surface area (Å²) in [6.45, 7) is 0.972. The third kappa shape index (κ3) is 607. The van der Waals surface area contributed by atoms with Crippen molar-refractivity contribution < 1.29 is 44.7 Å². The number of carbonyl (C=O) groups excluding carboxylic acids is 1. The molecule has 4 N–H and O–H groups in total. The topological polar surface area (TPSA) is 76.6 Å². The minimum Gasteiger partial charge on any atom is -1.00 e. The molecule has 0 saturated carbocycles. The van der Waals surface area contributed by atoms with Gasteiger partial charge in [0, 0.05) is 5.97 Å². The van der Waals surface area contributed by atoms with Crippen molar-refractivity contribution in [2.24, 2.45) is 0 Å². The number of carboxylic acids is 1. The first-order chi connectivity index (χ1) is 1.73. The van der Waals surface area contributed by atoms with Gasteiger partial charge < -0.3 is 28.5 Å². The zero-order chi connectivity index (χ0) is 3.58. The molecular weight excluding hydrogens is 213 g/mol. The summed E-state index contributed by atoms with van der Waals surface area (Å²) in [5.74, 6) is -1.08. The molecule has 3 nitrogen and oxygen atoms in total. The van der Waals surface area contributed by atoms with Crippen LogP contribution in [0.4, 0.5) is 0 Å². The first-order valence-corrected chi connectivity index (χ1v) is 0.908. The van der Waals surface area contributed by atoms with E-state index in [2.05, 4.69) is 0 Å². The smallest absolute Gasteiger partial charge is 1.00 e. The van der Waals surface area contributed by atoms with Crippen molar-refractivity contribution in [3.63, 3.8) is 0 Å². The standard InChI is InChI=1S/C2H4O2.Ag.ClH.H3N/c1-2(3)4;;;/h1H3,(H,3,4);;1H;1H3/q;+1;;/p-1. The molecule has 7 heavy (non-hydrogen) atoms. The quantitative estimate of drug-likeness (QED) is 0.424. The Morgan fingerprint density at radius 2 is 1.57 bits per heavy atom. The Balaban J connectivity index is -0.0000000150. The van der Waals surface area contributed by atoms with Gasteiger partial charge in [-0.25, -0.2) is 0 Å². The van der Waals surface area contributed by atoms with Crippen molar-refractivity contribution in [3.8, 4) is 0 Å². The minimum atomic E-state index is -1.08. The number of quaternary nitrogens is 1. The number of hydrogen-bond donors (Lipinski definition) is 1. The van der Waals surface area contributed by atoms with Crippen molar-refractivity contribution >= 4 is 5.97 Å². The number of halogens is 1. The second-order valence-electron chi connectivity index (χ2n) is 0.492. The van der Waals surface area contributed by atoms with Crippen LogP contribution in [0.3, 0.4) is 0 Å². The average molecular weight is 220 g/mol. The second-order valence-corrected chi connectivity index (χ2v) is 0.492. The van der Waals surface area contributed by atoms with Crippen LogP contribution >= 0.6 is 0 Å². The summed E-state index contributed by atoms with van der Waals surface area (Å²) in [4.78, 5) is 8.89. The Kier molecular flexibility index (Phi) is 59.8. The molecule has 0 saturated heterocycles. The van der Waals surface area contributed by atoms with Gasteiger partial charge >= 0.3 is 22.4 Å². The van der Waals surface area contributed by atoms with Crippen molar-refractivity contribution in [2.45, 2.75) is 6.92 Å². The number of rotatable bonds is 0. The molecular formula is C2H7AgClNO2. The van der Waals surface area contributed by atoms with Crippen LogP contribution in [-0.2, 0) is 27.2 Å².